The molecule has 0 atom stereocenters. The summed E-state index contributed by atoms with van der Waals surface area (Å²) in [6.07, 6.45) is 5.71. The van der Waals surface area contributed by atoms with Gasteiger partial charge in [-0.1, -0.05) is 48.0 Å². The van der Waals surface area contributed by atoms with Gasteiger partial charge in [0.15, 0.2) is 0 Å². The highest BCUT2D eigenvalue weighted by Gasteiger charge is 2.33. The third-order valence-electron chi connectivity index (χ3n) is 6.36. The van der Waals surface area contributed by atoms with E-state index in [9.17, 15) is 9.59 Å². The number of aliphatic carboxylic acids is 1. The largest absolute Gasteiger partial charge is 0.480 e. The molecule has 0 radical (unpaired) electrons. The van der Waals surface area contributed by atoms with E-state index in [1.165, 1.54) is 5.56 Å². The van der Waals surface area contributed by atoms with Crippen LogP contribution in [0.15, 0.2) is 60.8 Å². The minimum absolute atomic E-state index is 0.137. The number of aryl methyl sites for hydroxylation is 1. The average Bonchev–Trinajstić information content (AvgIpc) is 2.82. The van der Waals surface area contributed by atoms with Crippen molar-refractivity contribution < 1.29 is 19.4 Å². The third-order valence-corrected chi connectivity index (χ3v) is 6.36. The molecule has 0 unspecified atom stereocenters. The summed E-state index contributed by atoms with van der Waals surface area (Å²) in [5, 5.41) is 15.5. The van der Waals surface area contributed by atoms with Crippen LogP contribution in [0, 0.1) is 18.8 Å². The quantitative estimate of drug-likeness (QED) is 0.613. The van der Waals surface area contributed by atoms with Gasteiger partial charge in [-0.05, 0) is 56.6 Å². The number of para-hydroxylation sites is 1. The molecule has 2 N–H and O–H groups in total. The first-order chi connectivity index (χ1) is 16.0. The van der Waals surface area contributed by atoms with E-state index in [4.69, 9.17) is 9.84 Å². The van der Waals surface area contributed by atoms with Crippen LogP contribution in [0.3, 0.4) is 0 Å². The molecule has 0 spiro atoms. The van der Waals surface area contributed by atoms with E-state index in [2.05, 4.69) is 36.5 Å². The van der Waals surface area contributed by atoms with Crippen molar-refractivity contribution in [2.24, 2.45) is 11.8 Å². The number of carbonyl (C=O) groups is 2. The highest BCUT2D eigenvalue weighted by atomic mass is 16.5. The summed E-state index contributed by atoms with van der Waals surface area (Å²) in [5.41, 5.74) is 4.09. The van der Waals surface area contributed by atoms with Gasteiger partial charge in [0.1, 0.15) is 6.61 Å². The molecule has 174 valence electrons. The van der Waals surface area contributed by atoms with Crippen LogP contribution < -0.4 is 10.3 Å². The van der Waals surface area contributed by atoms with E-state index in [0.29, 0.717) is 25.0 Å². The van der Waals surface area contributed by atoms with Gasteiger partial charge in [0.2, 0.25) is 0 Å². The Hall–Kier alpha value is -3.32. The second-order valence-electron chi connectivity index (χ2n) is 8.87. The summed E-state index contributed by atoms with van der Waals surface area (Å²) >= 11 is 0. The van der Waals surface area contributed by atoms with Gasteiger partial charge in [-0.25, -0.2) is 19.6 Å². The molecule has 1 fully saturated rings. The third kappa shape index (κ3) is 5.73. The molecule has 2 aliphatic rings. The van der Waals surface area contributed by atoms with Crippen molar-refractivity contribution >= 4 is 23.4 Å². The number of ether oxygens (including phenoxy) is 1. The molecule has 0 saturated heterocycles. The number of urea groups is 1. The van der Waals surface area contributed by atoms with Gasteiger partial charge >= 0.3 is 12.0 Å². The Morgan fingerprint density at radius 1 is 1.03 bits per heavy atom. The van der Waals surface area contributed by atoms with Crippen LogP contribution in [0.1, 0.15) is 36.8 Å². The topological polar surface area (TPSA) is 82.1 Å². The summed E-state index contributed by atoms with van der Waals surface area (Å²) in [5.74, 6) is -0.183. The van der Waals surface area contributed by atoms with Crippen LogP contribution in [-0.4, -0.2) is 41.9 Å². The first-order valence-electron chi connectivity index (χ1n) is 11.5. The number of nitrogens with one attached hydrogen (secondary N) is 1. The van der Waals surface area contributed by atoms with Gasteiger partial charge < -0.3 is 15.2 Å². The summed E-state index contributed by atoms with van der Waals surface area (Å²) in [7, 11) is 0. The number of carbonyl (C=O) groups excluding carboxylic acids is 1. The second kappa shape index (κ2) is 10.5. The second-order valence-corrected chi connectivity index (χ2v) is 8.87. The van der Waals surface area contributed by atoms with Crippen molar-refractivity contribution in [1.29, 1.82) is 0 Å². The van der Waals surface area contributed by atoms with E-state index in [-0.39, 0.29) is 12.6 Å². The smallest absolute Gasteiger partial charge is 0.340 e. The minimum Gasteiger partial charge on any atom is -0.480 e. The number of carboxylic acid groups (broad SMARTS) is 1. The number of hydrogen-bond donors (Lipinski definition) is 2. The van der Waals surface area contributed by atoms with Gasteiger partial charge in [-0.3, -0.25) is 0 Å². The fourth-order valence-electron chi connectivity index (χ4n) is 4.57. The molecule has 2 aromatic carbocycles. The molecular weight excluding hydrogens is 418 g/mol. The van der Waals surface area contributed by atoms with Gasteiger partial charge in [0, 0.05) is 18.3 Å². The number of rotatable bonds is 8. The summed E-state index contributed by atoms with van der Waals surface area (Å²) in [6, 6.07) is 18.1. The summed E-state index contributed by atoms with van der Waals surface area (Å²) in [4.78, 5) is 23.7. The number of hydrogen-bond acceptors (Lipinski definition) is 4. The molecule has 7 nitrogen and oxygen atoms in total. The Labute approximate surface area is 194 Å². The molecule has 1 aliphatic heterocycles. The van der Waals surface area contributed by atoms with Gasteiger partial charge in [0.25, 0.3) is 0 Å². The first-order valence-corrected chi connectivity index (χ1v) is 11.5. The zero-order valence-corrected chi connectivity index (χ0v) is 18.9. The highest BCUT2D eigenvalue weighted by molar-refractivity contribution is 5.90. The molecule has 2 amide bonds. The number of hydrazine groups is 1. The Bertz CT molecular complexity index is 982. The molecule has 0 aromatic heterocycles. The molecule has 7 heteroatoms. The fraction of sp³-hybridized carbons (Fsp3) is 0.385. The molecular formula is C26H31N3O4. The molecule has 1 heterocycles. The Morgan fingerprint density at radius 3 is 2.36 bits per heavy atom. The minimum atomic E-state index is -0.932. The zero-order valence-electron chi connectivity index (χ0n) is 18.9. The van der Waals surface area contributed by atoms with Crippen LogP contribution in [-0.2, 0) is 9.53 Å². The molecule has 0 bridgehead atoms. The van der Waals surface area contributed by atoms with E-state index in [1.54, 1.807) is 6.20 Å². The fourth-order valence-corrected chi connectivity index (χ4v) is 4.57. The zero-order chi connectivity index (χ0) is 23.2. The van der Waals surface area contributed by atoms with Gasteiger partial charge in [-0.15, -0.1) is 0 Å². The molecule has 33 heavy (non-hydrogen) atoms. The summed E-state index contributed by atoms with van der Waals surface area (Å²) in [6.45, 7) is 2.92. The van der Waals surface area contributed by atoms with E-state index in [1.807, 2.05) is 40.3 Å². The molecule has 1 saturated carbocycles. The summed E-state index contributed by atoms with van der Waals surface area (Å²) < 4.78 is 5.29. The van der Waals surface area contributed by atoms with Crippen molar-refractivity contribution in [3.8, 4) is 0 Å². The Morgan fingerprint density at radius 2 is 1.70 bits per heavy atom. The number of carboxylic acids is 1. The number of benzene rings is 2. The molecule has 1 aliphatic carbocycles. The van der Waals surface area contributed by atoms with Crippen molar-refractivity contribution in [2.45, 2.75) is 32.6 Å². The lowest BCUT2D eigenvalue weighted by Crippen LogP contribution is -2.54. The number of amides is 2. The van der Waals surface area contributed by atoms with Crippen LogP contribution in [0.2, 0.25) is 0 Å². The van der Waals surface area contributed by atoms with Gasteiger partial charge in [0.05, 0.1) is 18.0 Å². The maximum atomic E-state index is 13.0. The van der Waals surface area contributed by atoms with Crippen LogP contribution in [0.4, 0.5) is 10.5 Å². The lowest BCUT2D eigenvalue weighted by atomic mass is 9.82. The SMILES string of the molecule is Cc1ccc(C2=CNC(=O)N(CC3CCC(COCC(=O)O)CC3)N2c2ccccc2)cc1. The van der Waals surface area contributed by atoms with Crippen molar-refractivity contribution in [1.82, 2.24) is 10.3 Å². The highest BCUT2D eigenvalue weighted by Crippen LogP contribution is 2.34. The Kier molecular flexibility index (Phi) is 7.29. The van der Waals surface area contributed by atoms with Crippen LogP contribution in [0.25, 0.3) is 5.70 Å². The Balaban J connectivity index is 1.49. The standard InChI is InChI=1S/C26H31N3O4/c1-19-7-13-22(14-8-19)24-15-27-26(32)28(29(24)23-5-3-2-4-6-23)16-20-9-11-21(12-10-20)17-33-18-25(30)31/h2-8,13-15,20-21H,9-12,16-18H2,1H3,(H,27,32)(H,30,31). The van der Waals surface area contributed by atoms with Crippen molar-refractivity contribution in [3.63, 3.8) is 0 Å². The van der Waals surface area contributed by atoms with Crippen molar-refractivity contribution in [2.75, 3.05) is 24.8 Å². The van der Waals surface area contributed by atoms with Gasteiger partial charge in [-0.2, -0.15) is 0 Å². The normalized spacial score (nSPS) is 20.9. The predicted molar refractivity (Wildman–Crippen MR) is 127 cm³/mol. The number of nitrogens with zero attached hydrogens (tertiary/aromatic N) is 2. The lowest BCUT2D eigenvalue weighted by Gasteiger charge is -2.43. The predicted octanol–water partition coefficient (Wildman–Crippen LogP) is 4.65. The lowest BCUT2D eigenvalue weighted by molar-refractivity contribution is -0.142. The number of anilines is 1. The van der Waals surface area contributed by atoms with Crippen molar-refractivity contribution in [3.05, 3.63) is 71.9 Å². The van der Waals surface area contributed by atoms with E-state index < -0.39 is 5.97 Å². The molecule has 4 rings (SSSR count). The van der Waals surface area contributed by atoms with E-state index in [0.717, 1.165) is 42.6 Å². The van der Waals surface area contributed by atoms with E-state index >= 15 is 0 Å². The maximum absolute atomic E-state index is 13.0. The van der Waals surface area contributed by atoms with Crippen LogP contribution in [0.5, 0.6) is 0 Å². The maximum Gasteiger partial charge on any atom is 0.340 e. The first kappa shape index (κ1) is 22.9. The monoisotopic (exact) mass is 449 g/mol. The average molecular weight is 450 g/mol. The molecule has 2 aromatic rings. The van der Waals surface area contributed by atoms with Crippen LogP contribution >= 0.6 is 0 Å².